The SMILES string of the molecule is CSCC[C@H](NC(=O)N(C)Cc1ccncc1)C(=O)O. The molecule has 7 heteroatoms. The molecular weight excluding hydrogens is 278 g/mol. The minimum absolute atomic E-state index is 0.393. The normalized spacial score (nSPS) is 11.7. The minimum Gasteiger partial charge on any atom is -0.480 e. The molecule has 6 nitrogen and oxygen atoms in total. The number of carboxylic acid groups (broad SMARTS) is 1. The third-order valence-corrected chi connectivity index (χ3v) is 3.37. The van der Waals surface area contributed by atoms with Crippen LogP contribution in [0.1, 0.15) is 12.0 Å². The molecule has 2 N–H and O–H groups in total. The topological polar surface area (TPSA) is 82.5 Å². The average Bonchev–Trinajstić information content (AvgIpc) is 2.43. The molecule has 2 amide bonds. The van der Waals surface area contributed by atoms with Crippen molar-refractivity contribution in [2.75, 3.05) is 19.1 Å². The van der Waals surface area contributed by atoms with Crippen molar-refractivity contribution in [1.29, 1.82) is 0 Å². The van der Waals surface area contributed by atoms with Gasteiger partial charge in [-0.3, -0.25) is 4.98 Å². The van der Waals surface area contributed by atoms with E-state index in [9.17, 15) is 9.59 Å². The number of thioether (sulfide) groups is 1. The number of nitrogens with zero attached hydrogens (tertiary/aromatic N) is 2. The lowest BCUT2D eigenvalue weighted by Crippen LogP contribution is -2.46. The Kier molecular flexibility index (Phi) is 6.86. The van der Waals surface area contributed by atoms with Crippen molar-refractivity contribution in [3.8, 4) is 0 Å². The number of hydrogen-bond donors (Lipinski definition) is 2. The van der Waals surface area contributed by atoms with Crippen molar-refractivity contribution in [3.63, 3.8) is 0 Å². The number of carboxylic acids is 1. The summed E-state index contributed by atoms with van der Waals surface area (Å²) in [6, 6.07) is 2.38. The van der Waals surface area contributed by atoms with E-state index in [1.54, 1.807) is 31.2 Å². The first kappa shape index (κ1) is 16.3. The number of hydrogen-bond acceptors (Lipinski definition) is 4. The van der Waals surface area contributed by atoms with Gasteiger partial charge in [0.05, 0.1) is 0 Å². The number of carbonyl (C=O) groups excluding carboxylic acids is 1. The highest BCUT2D eigenvalue weighted by atomic mass is 32.2. The van der Waals surface area contributed by atoms with E-state index in [0.29, 0.717) is 18.7 Å². The van der Waals surface area contributed by atoms with Crippen LogP contribution in [0.2, 0.25) is 0 Å². The fourth-order valence-electron chi connectivity index (χ4n) is 1.59. The lowest BCUT2D eigenvalue weighted by molar-refractivity contribution is -0.139. The van der Waals surface area contributed by atoms with E-state index in [0.717, 1.165) is 5.56 Å². The summed E-state index contributed by atoms with van der Waals surface area (Å²) in [5.41, 5.74) is 0.939. The van der Waals surface area contributed by atoms with Crippen molar-refractivity contribution in [1.82, 2.24) is 15.2 Å². The van der Waals surface area contributed by atoms with Crippen LogP contribution < -0.4 is 5.32 Å². The van der Waals surface area contributed by atoms with Crippen LogP contribution in [-0.2, 0) is 11.3 Å². The molecule has 1 rings (SSSR count). The molecule has 110 valence electrons. The number of carbonyl (C=O) groups is 2. The van der Waals surface area contributed by atoms with Crippen LogP contribution in [0.15, 0.2) is 24.5 Å². The number of amides is 2. The Morgan fingerprint density at radius 1 is 1.45 bits per heavy atom. The second kappa shape index (κ2) is 8.42. The Morgan fingerprint density at radius 3 is 2.65 bits per heavy atom. The minimum atomic E-state index is -1.01. The molecule has 0 saturated heterocycles. The summed E-state index contributed by atoms with van der Waals surface area (Å²) in [5.74, 6) is -0.324. The molecule has 0 spiro atoms. The van der Waals surface area contributed by atoms with Gasteiger partial charge in [-0.2, -0.15) is 11.8 Å². The predicted molar refractivity (Wildman–Crippen MR) is 78.7 cm³/mol. The molecule has 0 aromatic carbocycles. The predicted octanol–water partition coefficient (Wildman–Crippen LogP) is 1.43. The molecule has 1 heterocycles. The van der Waals surface area contributed by atoms with E-state index in [2.05, 4.69) is 10.3 Å². The zero-order valence-corrected chi connectivity index (χ0v) is 12.4. The molecular formula is C13H19N3O3S. The summed E-state index contributed by atoms with van der Waals surface area (Å²) in [6.07, 6.45) is 5.61. The fourth-order valence-corrected chi connectivity index (χ4v) is 2.06. The molecule has 0 saturated carbocycles. The maximum atomic E-state index is 12.0. The molecule has 1 atom stereocenters. The molecule has 0 aliphatic rings. The van der Waals surface area contributed by atoms with Crippen molar-refractivity contribution < 1.29 is 14.7 Å². The van der Waals surface area contributed by atoms with Gasteiger partial charge >= 0.3 is 12.0 Å². The zero-order chi connectivity index (χ0) is 15.0. The molecule has 1 aromatic rings. The quantitative estimate of drug-likeness (QED) is 0.795. The van der Waals surface area contributed by atoms with Crippen LogP contribution in [0.4, 0.5) is 4.79 Å². The molecule has 0 radical (unpaired) electrons. The molecule has 0 bridgehead atoms. The van der Waals surface area contributed by atoms with Gasteiger partial charge in [-0.15, -0.1) is 0 Å². The molecule has 0 fully saturated rings. The highest BCUT2D eigenvalue weighted by Crippen LogP contribution is 2.04. The summed E-state index contributed by atoms with van der Waals surface area (Å²) in [7, 11) is 1.63. The van der Waals surface area contributed by atoms with Gasteiger partial charge in [-0.25, -0.2) is 9.59 Å². The second-order valence-corrected chi connectivity index (χ2v) is 5.32. The van der Waals surface area contributed by atoms with Crippen molar-refractivity contribution in [2.45, 2.75) is 19.0 Å². The first-order valence-electron chi connectivity index (χ1n) is 6.17. The fraction of sp³-hybridized carbons (Fsp3) is 0.462. The Hall–Kier alpha value is -1.76. The van der Waals surface area contributed by atoms with E-state index in [1.165, 1.54) is 4.90 Å². The van der Waals surface area contributed by atoms with Gasteiger partial charge in [0.25, 0.3) is 0 Å². The van der Waals surface area contributed by atoms with E-state index >= 15 is 0 Å². The Balaban J connectivity index is 2.53. The Labute approximate surface area is 122 Å². The lowest BCUT2D eigenvalue weighted by Gasteiger charge is -2.21. The first-order valence-corrected chi connectivity index (χ1v) is 7.56. The van der Waals surface area contributed by atoms with Crippen LogP contribution in [0, 0.1) is 0 Å². The van der Waals surface area contributed by atoms with Gasteiger partial charge in [0.2, 0.25) is 0 Å². The van der Waals surface area contributed by atoms with E-state index < -0.39 is 18.0 Å². The third kappa shape index (κ3) is 5.48. The van der Waals surface area contributed by atoms with Crippen LogP contribution >= 0.6 is 11.8 Å². The summed E-state index contributed by atoms with van der Waals surface area (Å²) in [6.45, 7) is 0.406. The summed E-state index contributed by atoms with van der Waals surface area (Å²) >= 11 is 1.55. The van der Waals surface area contributed by atoms with Crippen LogP contribution in [0.3, 0.4) is 0 Å². The van der Waals surface area contributed by atoms with Gasteiger partial charge in [0.15, 0.2) is 0 Å². The number of aliphatic carboxylic acids is 1. The molecule has 1 aromatic heterocycles. The highest BCUT2D eigenvalue weighted by Gasteiger charge is 2.21. The van der Waals surface area contributed by atoms with Gasteiger partial charge < -0.3 is 15.3 Å². The molecule has 20 heavy (non-hydrogen) atoms. The van der Waals surface area contributed by atoms with E-state index in [4.69, 9.17) is 5.11 Å². The summed E-state index contributed by atoms with van der Waals surface area (Å²) < 4.78 is 0. The molecule has 0 aliphatic heterocycles. The third-order valence-electron chi connectivity index (χ3n) is 2.72. The largest absolute Gasteiger partial charge is 0.480 e. The zero-order valence-electron chi connectivity index (χ0n) is 11.6. The van der Waals surface area contributed by atoms with Crippen LogP contribution in [0.25, 0.3) is 0 Å². The number of pyridine rings is 1. The van der Waals surface area contributed by atoms with E-state index in [-0.39, 0.29) is 0 Å². The van der Waals surface area contributed by atoms with Gasteiger partial charge in [-0.1, -0.05) is 0 Å². The lowest BCUT2D eigenvalue weighted by atomic mass is 10.2. The number of nitrogens with one attached hydrogen (secondary N) is 1. The van der Waals surface area contributed by atoms with Crippen molar-refractivity contribution in [3.05, 3.63) is 30.1 Å². The summed E-state index contributed by atoms with van der Waals surface area (Å²) in [4.78, 5) is 28.4. The summed E-state index contributed by atoms with van der Waals surface area (Å²) in [5, 5.41) is 11.6. The molecule has 0 aliphatic carbocycles. The smallest absolute Gasteiger partial charge is 0.326 e. The maximum Gasteiger partial charge on any atom is 0.326 e. The van der Waals surface area contributed by atoms with Gasteiger partial charge in [-0.05, 0) is 36.1 Å². The number of rotatable bonds is 7. The average molecular weight is 297 g/mol. The van der Waals surface area contributed by atoms with Gasteiger partial charge in [0.1, 0.15) is 6.04 Å². The number of aromatic nitrogens is 1. The first-order chi connectivity index (χ1) is 9.54. The maximum absolute atomic E-state index is 12.0. The van der Waals surface area contributed by atoms with Crippen LogP contribution in [-0.4, -0.2) is 52.1 Å². The second-order valence-electron chi connectivity index (χ2n) is 4.33. The van der Waals surface area contributed by atoms with Crippen molar-refractivity contribution in [2.24, 2.45) is 0 Å². The van der Waals surface area contributed by atoms with Gasteiger partial charge in [0, 0.05) is 26.0 Å². The Bertz CT molecular complexity index is 442. The van der Waals surface area contributed by atoms with Crippen molar-refractivity contribution >= 4 is 23.8 Å². The Morgan fingerprint density at radius 2 is 2.10 bits per heavy atom. The molecule has 0 unspecified atom stereocenters. The number of urea groups is 1. The standard InChI is InChI=1S/C13H19N3O3S/c1-16(9-10-3-6-14-7-4-10)13(19)15-11(12(17)18)5-8-20-2/h3-4,6-7,11H,5,8-9H2,1-2H3,(H,15,19)(H,17,18)/t11-/m0/s1. The van der Waals surface area contributed by atoms with E-state index in [1.807, 2.05) is 18.4 Å². The monoisotopic (exact) mass is 297 g/mol. The highest BCUT2D eigenvalue weighted by molar-refractivity contribution is 7.98. The van der Waals surface area contributed by atoms with Crippen LogP contribution in [0.5, 0.6) is 0 Å².